The third kappa shape index (κ3) is 2.75. The predicted molar refractivity (Wildman–Crippen MR) is 160 cm³/mol. The Morgan fingerprint density at radius 2 is 1.23 bits per heavy atom. The van der Waals surface area contributed by atoms with Gasteiger partial charge in [0.05, 0.1) is 28.1 Å². The molecule has 5 aromatic carbocycles. The zero-order chi connectivity index (χ0) is 25.5. The molecule has 0 unspecified atom stereocenters. The molecule has 0 saturated carbocycles. The summed E-state index contributed by atoms with van der Waals surface area (Å²) in [6.07, 6.45) is 3.67. The lowest BCUT2D eigenvalue weighted by Gasteiger charge is -2.33. The summed E-state index contributed by atoms with van der Waals surface area (Å²) in [5.41, 5.74) is 11.2. The molecule has 0 radical (unpaired) electrons. The summed E-state index contributed by atoms with van der Waals surface area (Å²) in [5.74, 6) is 0. The van der Waals surface area contributed by atoms with Gasteiger partial charge in [0, 0.05) is 39.6 Å². The maximum Gasteiger partial charge on any atom is 0.136 e. The summed E-state index contributed by atoms with van der Waals surface area (Å²) in [5, 5.41) is 4.79. The zero-order valence-electron chi connectivity index (χ0n) is 20.9. The van der Waals surface area contributed by atoms with Crippen LogP contribution in [0.5, 0.6) is 0 Å². The molecule has 0 amide bonds. The van der Waals surface area contributed by atoms with Crippen LogP contribution < -0.4 is 4.90 Å². The number of fused-ring (bicyclic) bond motifs is 9. The van der Waals surface area contributed by atoms with Crippen LogP contribution in [0.15, 0.2) is 132 Å². The van der Waals surface area contributed by atoms with E-state index in [1.165, 1.54) is 44.1 Å². The van der Waals surface area contributed by atoms with Crippen molar-refractivity contribution in [2.75, 3.05) is 4.90 Å². The van der Waals surface area contributed by atoms with Crippen LogP contribution in [-0.2, 0) is 0 Å². The molecule has 0 bridgehead atoms. The average Bonchev–Trinajstić information content (AvgIpc) is 3.55. The van der Waals surface area contributed by atoms with E-state index in [-0.39, 0.29) is 0 Å². The van der Waals surface area contributed by atoms with E-state index in [1.54, 1.807) is 0 Å². The van der Waals surface area contributed by atoms with Crippen molar-refractivity contribution in [2.45, 2.75) is 0 Å². The maximum absolute atomic E-state index is 6.28. The summed E-state index contributed by atoms with van der Waals surface area (Å²) in [4.78, 5) is 6.55. The van der Waals surface area contributed by atoms with E-state index in [0.29, 0.717) is 0 Å². The number of pyridine rings is 1. The van der Waals surface area contributed by atoms with E-state index in [2.05, 4.69) is 112 Å². The predicted octanol–water partition coefficient (Wildman–Crippen LogP) is 9.53. The van der Waals surface area contributed by atoms with Crippen molar-refractivity contribution >= 4 is 60.8 Å². The molecular weight excluding hydrogens is 478 g/mol. The van der Waals surface area contributed by atoms with E-state index < -0.39 is 0 Å². The first-order chi connectivity index (χ1) is 19.4. The first-order valence-corrected chi connectivity index (χ1v) is 13.1. The van der Waals surface area contributed by atoms with Gasteiger partial charge in [0.25, 0.3) is 0 Å². The first kappa shape index (κ1) is 20.7. The Hall–Kier alpha value is -5.35. The molecule has 4 nitrogen and oxygen atoms in total. The highest BCUT2D eigenvalue weighted by molar-refractivity contribution is 6.29. The van der Waals surface area contributed by atoms with Gasteiger partial charge in [-0.25, -0.2) is 0 Å². The lowest BCUT2D eigenvalue weighted by molar-refractivity contribution is 0.669. The molecule has 0 fully saturated rings. The number of nitrogens with zero attached hydrogens (tertiary/aromatic N) is 3. The van der Waals surface area contributed by atoms with Gasteiger partial charge in [-0.15, -0.1) is 0 Å². The molecule has 8 aromatic rings. The van der Waals surface area contributed by atoms with Gasteiger partial charge < -0.3 is 13.9 Å². The molecule has 9 rings (SSSR count). The van der Waals surface area contributed by atoms with Crippen molar-refractivity contribution in [1.29, 1.82) is 0 Å². The lowest BCUT2D eigenvalue weighted by Crippen LogP contribution is -2.17. The second kappa shape index (κ2) is 7.59. The molecule has 0 aliphatic carbocycles. The third-order valence-electron chi connectivity index (χ3n) is 8.01. The van der Waals surface area contributed by atoms with E-state index >= 15 is 0 Å². The zero-order valence-corrected chi connectivity index (χ0v) is 20.9. The minimum Gasteiger partial charge on any atom is -0.456 e. The van der Waals surface area contributed by atoms with Crippen LogP contribution in [0.3, 0.4) is 0 Å². The summed E-state index contributed by atoms with van der Waals surface area (Å²) in [6.45, 7) is 0. The monoisotopic (exact) mass is 499 g/mol. The van der Waals surface area contributed by atoms with E-state index in [4.69, 9.17) is 4.42 Å². The van der Waals surface area contributed by atoms with Crippen molar-refractivity contribution in [1.82, 2.24) is 9.55 Å². The van der Waals surface area contributed by atoms with E-state index in [9.17, 15) is 0 Å². The van der Waals surface area contributed by atoms with Crippen molar-refractivity contribution < 1.29 is 4.42 Å². The highest BCUT2D eigenvalue weighted by atomic mass is 16.3. The molecule has 39 heavy (non-hydrogen) atoms. The molecule has 3 aromatic heterocycles. The van der Waals surface area contributed by atoms with Crippen LogP contribution in [0.2, 0.25) is 0 Å². The highest BCUT2D eigenvalue weighted by Crippen LogP contribution is 2.51. The van der Waals surface area contributed by atoms with Crippen LogP contribution >= 0.6 is 0 Å². The largest absolute Gasteiger partial charge is 0.456 e. The Bertz CT molecular complexity index is 2220. The fraction of sp³-hybridized carbons (Fsp3) is 0. The summed E-state index contributed by atoms with van der Waals surface area (Å²) < 4.78 is 8.71. The number of hydrogen-bond donors (Lipinski definition) is 0. The SMILES string of the molecule is c1ccc2c(c1)N(c1ccc(-c3ccncc3)cc1)c1cccc3c4c5c(ccc4n-2c13)oc1ccccc15. The van der Waals surface area contributed by atoms with Crippen molar-refractivity contribution in [3.05, 3.63) is 128 Å². The highest BCUT2D eigenvalue weighted by Gasteiger charge is 2.29. The molecule has 0 atom stereocenters. The average molecular weight is 500 g/mol. The Kier molecular flexibility index (Phi) is 4.02. The number of benzene rings is 5. The number of furan rings is 1. The fourth-order valence-corrected chi connectivity index (χ4v) is 6.38. The summed E-state index contributed by atoms with van der Waals surface area (Å²) >= 11 is 0. The normalized spacial score (nSPS) is 12.6. The number of rotatable bonds is 2. The van der Waals surface area contributed by atoms with Gasteiger partial charge in [-0.1, -0.05) is 54.6 Å². The second-order valence-corrected chi connectivity index (χ2v) is 10.0. The van der Waals surface area contributed by atoms with E-state index in [0.717, 1.165) is 33.5 Å². The molecular formula is C35H21N3O. The van der Waals surface area contributed by atoms with Crippen LogP contribution in [0, 0.1) is 0 Å². The Morgan fingerprint density at radius 1 is 0.513 bits per heavy atom. The number of anilines is 3. The van der Waals surface area contributed by atoms with Crippen LogP contribution in [0.1, 0.15) is 0 Å². The fourth-order valence-electron chi connectivity index (χ4n) is 6.38. The quantitative estimate of drug-likeness (QED) is 0.237. The molecule has 0 spiro atoms. The van der Waals surface area contributed by atoms with Gasteiger partial charge in [0.2, 0.25) is 0 Å². The number of hydrogen-bond acceptors (Lipinski definition) is 3. The van der Waals surface area contributed by atoms with Crippen molar-refractivity contribution in [2.24, 2.45) is 0 Å². The Balaban J connectivity index is 1.37. The first-order valence-electron chi connectivity index (χ1n) is 13.1. The molecule has 1 aliphatic rings. The summed E-state index contributed by atoms with van der Waals surface area (Å²) in [6, 6.07) is 40.9. The molecule has 4 heteroatoms. The Labute approximate surface area is 224 Å². The molecule has 1 aliphatic heterocycles. The molecule has 0 N–H and O–H groups in total. The second-order valence-electron chi connectivity index (χ2n) is 10.0. The molecule has 4 heterocycles. The summed E-state index contributed by atoms with van der Waals surface area (Å²) in [7, 11) is 0. The van der Waals surface area contributed by atoms with Crippen LogP contribution in [0.25, 0.3) is 60.6 Å². The minimum absolute atomic E-state index is 0.920. The van der Waals surface area contributed by atoms with Gasteiger partial charge in [-0.05, 0) is 71.8 Å². The van der Waals surface area contributed by atoms with Gasteiger partial charge >= 0.3 is 0 Å². The van der Waals surface area contributed by atoms with Gasteiger partial charge in [0.15, 0.2) is 0 Å². The van der Waals surface area contributed by atoms with Gasteiger partial charge in [-0.2, -0.15) is 0 Å². The maximum atomic E-state index is 6.28. The Morgan fingerprint density at radius 3 is 2.10 bits per heavy atom. The molecule has 182 valence electrons. The lowest BCUT2D eigenvalue weighted by atomic mass is 10.0. The van der Waals surface area contributed by atoms with Gasteiger partial charge in [0.1, 0.15) is 11.2 Å². The number of para-hydroxylation sites is 4. The van der Waals surface area contributed by atoms with Crippen molar-refractivity contribution in [3.8, 4) is 16.8 Å². The van der Waals surface area contributed by atoms with E-state index in [1.807, 2.05) is 30.6 Å². The molecule has 0 saturated heterocycles. The third-order valence-corrected chi connectivity index (χ3v) is 8.01. The van der Waals surface area contributed by atoms with Crippen LogP contribution in [-0.4, -0.2) is 9.55 Å². The smallest absolute Gasteiger partial charge is 0.136 e. The standard InChI is InChI=1S/C35H21N3O/c1-4-11-31-25(6-1)34-32(39-31)17-16-29-33(34)26-7-5-10-30-35(26)38(29)28-9-3-2-8-27(28)37(30)24-14-12-22(13-15-24)23-18-20-36-21-19-23/h1-21H. The number of aromatic nitrogens is 2. The van der Waals surface area contributed by atoms with Gasteiger partial charge in [-0.3, -0.25) is 4.98 Å². The minimum atomic E-state index is 0.920. The van der Waals surface area contributed by atoms with Crippen molar-refractivity contribution in [3.63, 3.8) is 0 Å². The topological polar surface area (TPSA) is 34.2 Å². The van der Waals surface area contributed by atoms with Crippen LogP contribution in [0.4, 0.5) is 17.1 Å².